The van der Waals surface area contributed by atoms with Crippen molar-refractivity contribution in [2.24, 2.45) is 0 Å². The van der Waals surface area contributed by atoms with Gasteiger partial charge in [0.1, 0.15) is 0 Å². The second kappa shape index (κ2) is 11.0. The monoisotopic (exact) mass is 299 g/mol. The molecule has 124 valence electrons. The molecule has 0 bridgehead atoms. The quantitative estimate of drug-likeness (QED) is 0.599. The van der Waals surface area contributed by atoms with E-state index in [2.05, 4.69) is 29.4 Å². The van der Waals surface area contributed by atoms with E-state index in [0.29, 0.717) is 12.6 Å². The summed E-state index contributed by atoms with van der Waals surface area (Å²) < 4.78 is 5.05. The van der Waals surface area contributed by atoms with Crippen LogP contribution in [-0.2, 0) is 9.53 Å². The number of carbonyl (C=O) groups excluding carboxylic acids is 1. The molecule has 0 aromatic carbocycles. The van der Waals surface area contributed by atoms with Gasteiger partial charge < -0.3 is 15.4 Å². The Labute approximate surface area is 129 Å². The van der Waals surface area contributed by atoms with Gasteiger partial charge in [-0.3, -0.25) is 9.69 Å². The molecule has 1 saturated heterocycles. The predicted octanol–water partition coefficient (Wildman–Crippen LogP) is 1.38. The number of piperidine rings is 1. The number of rotatable bonds is 10. The molecular weight excluding hydrogens is 266 g/mol. The molecule has 0 spiro atoms. The zero-order valence-corrected chi connectivity index (χ0v) is 14.0. The molecule has 2 unspecified atom stereocenters. The van der Waals surface area contributed by atoms with Gasteiger partial charge in [0.05, 0.1) is 13.2 Å². The normalized spacial score (nSPS) is 21.2. The maximum absolute atomic E-state index is 12.1. The van der Waals surface area contributed by atoms with Crippen molar-refractivity contribution in [1.82, 2.24) is 15.5 Å². The number of carbonyl (C=O) groups is 1. The average Bonchev–Trinajstić information content (AvgIpc) is 2.45. The Kier molecular flexibility index (Phi) is 9.63. The maximum Gasteiger partial charge on any atom is 0.234 e. The molecule has 0 aliphatic carbocycles. The number of methoxy groups -OCH3 is 1. The molecule has 2 N–H and O–H groups in total. The summed E-state index contributed by atoms with van der Waals surface area (Å²) in [6, 6.07) is 0.758. The molecule has 0 aromatic heterocycles. The summed E-state index contributed by atoms with van der Waals surface area (Å²) in [5, 5.41) is 6.53. The third kappa shape index (κ3) is 7.79. The minimum atomic E-state index is 0.166. The Bertz CT molecular complexity index is 287. The Morgan fingerprint density at radius 3 is 2.95 bits per heavy atom. The first-order valence-electron chi connectivity index (χ1n) is 8.40. The molecule has 2 atom stereocenters. The Morgan fingerprint density at radius 2 is 2.24 bits per heavy atom. The van der Waals surface area contributed by atoms with Gasteiger partial charge in [0, 0.05) is 32.3 Å². The van der Waals surface area contributed by atoms with Gasteiger partial charge in [-0.25, -0.2) is 0 Å². The van der Waals surface area contributed by atoms with Crippen LogP contribution in [-0.4, -0.2) is 62.8 Å². The van der Waals surface area contributed by atoms with Crippen molar-refractivity contribution in [2.75, 3.05) is 39.9 Å². The number of amides is 1. The third-order valence-corrected chi connectivity index (χ3v) is 4.09. The lowest BCUT2D eigenvalue weighted by atomic mass is 10.0. The van der Waals surface area contributed by atoms with Crippen LogP contribution in [0.5, 0.6) is 0 Å². The molecule has 21 heavy (non-hydrogen) atoms. The summed E-state index contributed by atoms with van der Waals surface area (Å²) in [6.45, 7) is 8.36. The molecule has 1 rings (SSSR count). The van der Waals surface area contributed by atoms with Crippen LogP contribution in [0.1, 0.15) is 46.0 Å². The lowest BCUT2D eigenvalue weighted by Gasteiger charge is -2.35. The SMILES string of the molecule is CCCC(C)NC(=O)CN1CCCCC1CNCCOC. The summed E-state index contributed by atoms with van der Waals surface area (Å²) in [4.78, 5) is 14.5. The van der Waals surface area contributed by atoms with Crippen molar-refractivity contribution in [3.63, 3.8) is 0 Å². The van der Waals surface area contributed by atoms with Crippen molar-refractivity contribution < 1.29 is 9.53 Å². The van der Waals surface area contributed by atoms with E-state index in [0.717, 1.165) is 39.1 Å². The van der Waals surface area contributed by atoms with Crippen molar-refractivity contribution in [2.45, 2.75) is 58.0 Å². The van der Waals surface area contributed by atoms with Crippen molar-refractivity contribution >= 4 is 5.91 Å². The minimum Gasteiger partial charge on any atom is -0.383 e. The fourth-order valence-electron chi connectivity index (χ4n) is 2.95. The summed E-state index contributed by atoms with van der Waals surface area (Å²) >= 11 is 0. The molecule has 5 nitrogen and oxygen atoms in total. The third-order valence-electron chi connectivity index (χ3n) is 4.09. The number of nitrogens with zero attached hydrogens (tertiary/aromatic N) is 1. The highest BCUT2D eigenvalue weighted by atomic mass is 16.5. The molecule has 0 aromatic rings. The highest BCUT2D eigenvalue weighted by Crippen LogP contribution is 2.16. The summed E-state index contributed by atoms with van der Waals surface area (Å²) in [6.07, 6.45) is 5.80. The van der Waals surface area contributed by atoms with Gasteiger partial charge in [-0.15, -0.1) is 0 Å². The van der Waals surface area contributed by atoms with E-state index < -0.39 is 0 Å². The fourth-order valence-corrected chi connectivity index (χ4v) is 2.95. The van der Waals surface area contributed by atoms with Gasteiger partial charge in [-0.2, -0.15) is 0 Å². The van der Waals surface area contributed by atoms with Crippen LogP contribution >= 0.6 is 0 Å². The number of nitrogens with one attached hydrogen (secondary N) is 2. The molecule has 5 heteroatoms. The number of hydrogen-bond donors (Lipinski definition) is 2. The van der Waals surface area contributed by atoms with E-state index in [1.807, 2.05) is 0 Å². The van der Waals surface area contributed by atoms with Crippen LogP contribution in [0.25, 0.3) is 0 Å². The Hall–Kier alpha value is -0.650. The fraction of sp³-hybridized carbons (Fsp3) is 0.938. The first-order chi connectivity index (χ1) is 10.2. The first kappa shape index (κ1) is 18.4. The van der Waals surface area contributed by atoms with Gasteiger partial charge in [-0.1, -0.05) is 19.8 Å². The molecule has 1 amide bonds. The molecule has 1 heterocycles. The van der Waals surface area contributed by atoms with E-state index in [1.165, 1.54) is 19.3 Å². The topological polar surface area (TPSA) is 53.6 Å². The van der Waals surface area contributed by atoms with Crippen LogP contribution < -0.4 is 10.6 Å². The summed E-state index contributed by atoms with van der Waals surface area (Å²) in [5.74, 6) is 0.166. The van der Waals surface area contributed by atoms with E-state index in [9.17, 15) is 4.79 Å². The van der Waals surface area contributed by atoms with Gasteiger partial charge in [0.25, 0.3) is 0 Å². The van der Waals surface area contributed by atoms with Crippen molar-refractivity contribution in [1.29, 1.82) is 0 Å². The largest absolute Gasteiger partial charge is 0.383 e. The highest BCUT2D eigenvalue weighted by Gasteiger charge is 2.24. The lowest BCUT2D eigenvalue weighted by molar-refractivity contribution is -0.123. The second-order valence-electron chi connectivity index (χ2n) is 6.07. The minimum absolute atomic E-state index is 0.166. The molecule has 0 radical (unpaired) electrons. The number of ether oxygens (including phenoxy) is 1. The van der Waals surface area contributed by atoms with Crippen LogP contribution in [0.2, 0.25) is 0 Å². The van der Waals surface area contributed by atoms with E-state index in [4.69, 9.17) is 4.74 Å². The summed E-state index contributed by atoms with van der Waals surface area (Å²) in [5.41, 5.74) is 0. The van der Waals surface area contributed by atoms with E-state index in [1.54, 1.807) is 7.11 Å². The average molecular weight is 299 g/mol. The zero-order chi connectivity index (χ0) is 15.5. The van der Waals surface area contributed by atoms with Crippen LogP contribution in [0, 0.1) is 0 Å². The lowest BCUT2D eigenvalue weighted by Crippen LogP contribution is -2.50. The number of hydrogen-bond acceptors (Lipinski definition) is 4. The first-order valence-corrected chi connectivity index (χ1v) is 8.40. The molecular formula is C16H33N3O2. The van der Waals surface area contributed by atoms with Crippen LogP contribution in [0.15, 0.2) is 0 Å². The van der Waals surface area contributed by atoms with Gasteiger partial charge in [0.15, 0.2) is 0 Å². The van der Waals surface area contributed by atoms with Crippen molar-refractivity contribution in [3.05, 3.63) is 0 Å². The highest BCUT2D eigenvalue weighted by molar-refractivity contribution is 5.78. The zero-order valence-electron chi connectivity index (χ0n) is 14.0. The van der Waals surface area contributed by atoms with Crippen LogP contribution in [0.4, 0.5) is 0 Å². The second-order valence-corrected chi connectivity index (χ2v) is 6.07. The Balaban J connectivity index is 2.32. The predicted molar refractivity (Wildman–Crippen MR) is 86.5 cm³/mol. The summed E-state index contributed by atoms with van der Waals surface area (Å²) in [7, 11) is 1.72. The van der Waals surface area contributed by atoms with Crippen molar-refractivity contribution in [3.8, 4) is 0 Å². The van der Waals surface area contributed by atoms with Gasteiger partial charge >= 0.3 is 0 Å². The molecule has 1 aliphatic heterocycles. The van der Waals surface area contributed by atoms with E-state index in [-0.39, 0.29) is 11.9 Å². The Morgan fingerprint density at radius 1 is 1.43 bits per heavy atom. The number of likely N-dealkylation sites (tertiary alicyclic amines) is 1. The molecule has 1 fully saturated rings. The standard InChI is InChI=1S/C16H33N3O2/c1-4-7-14(2)18-16(20)13-19-10-6-5-8-15(19)12-17-9-11-21-3/h14-15,17H,4-13H2,1-3H3,(H,18,20). The maximum atomic E-state index is 12.1. The van der Waals surface area contributed by atoms with E-state index >= 15 is 0 Å². The van der Waals surface area contributed by atoms with Gasteiger partial charge in [0.2, 0.25) is 5.91 Å². The molecule has 1 aliphatic rings. The van der Waals surface area contributed by atoms with Crippen LogP contribution in [0.3, 0.4) is 0 Å². The molecule has 0 saturated carbocycles. The smallest absolute Gasteiger partial charge is 0.234 e. The van der Waals surface area contributed by atoms with Gasteiger partial charge in [-0.05, 0) is 32.7 Å².